The first-order chi connectivity index (χ1) is 13.3. The van der Waals surface area contributed by atoms with E-state index in [0.29, 0.717) is 18.9 Å². The fourth-order valence-electron chi connectivity index (χ4n) is 3.50. The maximum atomic E-state index is 11.8. The molecule has 9 heteroatoms. The van der Waals surface area contributed by atoms with E-state index in [0.717, 1.165) is 34.4 Å². The molecule has 1 aliphatic heterocycles. The summed E-state index contributed by atoms with van der Waals surface area (Å²) in [5, 5.41) is 4.63. The Bertz CT molecular complexity index is 1100. The molecule has 3 aromatic heterocycles. The lowest BCUT2D eigenvalue weighted by molar-refractivity contribution is 0.331. The van der Waals surface area contributed by atoms with Gasteiger partial charge in [-0.2, -0.15) is 0 Å². The van der Waals surface area contributed by atoms with Crippen molar-refractivity contribution in [2.75, 3.05) is 24.7 Å². The summed E-state index contributed by atoms with van der Waals surface area (Å²) in [5.74, 6) is 1.47. The van der Waals surface area contributed by atoms with Crippen LogP contribution in [0, 0.1) is 13.8 Å². The molecule has 28 heavy (non-hydrogen) atoms. The number of piperidine rings is 1. The zero-order valence-corrected chi connectivity index (χ0v) is 17.8. The first kappa shape index (κ1) is 19.2. The number of sulfonamides is 1. The third kappa shape index (κ3) is 3.74. The van der Waals surface area contributed by atoms with E-state index in [1.165, 1.54) is 16.7 Å². The molecule has 0 atom stereocenters. The van der Waals surface area contributed by atoms with Crippen molar-refractivity contribution in [3.05, 3.63) is 35.0 Å². The van der Waals surface area contributed by atoms with Crippen LogP contribution in [0.25, 0.3) is 21.6 Å². The van der Waals surface area contributed by atoms with Crippen molar-refractivity contribution in [2.24, 2.45) is 0 Å². The highest BCUT2D eigenvalue weighted by Crippen LogP contribution is 2.35. The van der Waals surface area contributed by atoms with E-state index < -0.39 is 10.0 Å². The van der Waals surface area contributed by atoms with Crippen LogP contribution in [0.2, 0.25) is 0 Å². The van der Waals surface area contributed by atoms with E-state index in [-0.39, 0.29) is 6.04 Å². The van der Waals surface area contributed by atoms with E-state index in [1.54, 1.807) is 28.0 Å². The van der Waals surface area contributed by atoms with Crippen LogP contribution >= 0.6 is 11.3 Å². The van der Waals surface area contributed by atoms with Crippen LogP contribution in [0.4, 0.5) is 5.82 Å². The molecule has 0 spiro atoms. The van der Waals surface area contributed by atoms with E-state index in [4.69, 9.17) is 9.97 Å². The topological polar surface area (TPSA) is 88.1 Å². The summed E-state index contributed by atoms with van der Waals surface area (Å²) in [6, 6.07) is 4.01. The molecule has 0 aliphatic carbocycles. The molecule has 4 heterocycles. The number of aryl methyl sites for hydroxylation is 2. The summed E-state index contributed by atoms with van der Waals surface area (Å²) in [4.78, 5) is 15.9. The molecule has 0 aromatic carbocycles. The van der Waals surface area contributed by atoms with Crippen molar-refractivity contribution in [1.82, 2.24) is 19.3 Å². The molecule has 4 rings (SSSR count). The monoisotopic (exact) mass is 417 g/mol. The fraction of sp³-hybridized carbons (Fsp3) is 0.421. The number of thiophene rings is 1. The highest BCUT2D eigenvalue weighted by atomic mass is 32.2. The predicted octanol–water partition coefficient (Wildman–Crippen LogP) is 3.21. The summed E-state index contributed by atoms with van der Waals surface area (Å²) in [5.41, 5.74) is 2.07. The van der Waals surface area contributed by atoms with Crippen molar-refractivity contribution in [1.29, 1.82) is 0 Å². The number of pyridine rings is 1. The van der Waals surface area contributed by atoms with Crippen molar-refractivity contribution in [3.8, 4) is 11.4 Å². The van der Waals surface area contributed by atoms with Crippen LogP contribution in [0.1, 0.15) is 23.3 Å². The lowest BCUT2D eigenvalue weighted by Gasteiger charge is -2.31. The number of nitrogens with one attached hydrogen (secondary N) is 1. The minimum atomic E-state index is -3.13. The molecule has 0 saturated carbocycles. The highest BCUT2D eigenvalue weighted by molar-refractivity contribution is 7.88. The van der Waals surface area contributed by atoms with Gasteiger partial charge in [-0.25, -0.2) is 22.7 Å². The lowest BCUT2D eigenvalue weighted by Crippen LogP contribution is -2.42. The van der Waals surface area contributed by atoms with Crippen molar-refractivity contribution < 1.29 is 8.42 Å². The summed E-state index contributed by atoms with van der Waals surface area (Å²) < 4.78 is 25.1. The highest BCUT2D eigenvalue weighted by Gasteiger charge is 2.26. The Morgan fingerprint density at radius 1 is 1.21 bits per heavy atom. The fourth-order valence-corrected chi connectivity index (χ4v) is 5.41. The smallest absolute Gasteiger partial charge is 0.211 e. The molecule has 1 saturated heterocycles. The van der Waals surface area contributed by atoms with Gasteiger partial charge in [-0.1, -0.05) is 0 Å². The minimum absolute atomic E-state index is 0.178. The van der Waals surface area contributed by atoms with Gasteiger partial charge in [0.1, 0.15) is 10.6 Å². The Balaban J connectivity index is 1.68. The van der Waals surface area contributed by atoms with Crippen LogP contribution in [0.3, 0.4) is 0 Å². The SMILES string of the molecule is Cc1sc2nc(-c3cccnc3)nc(NC3CCN(S(C)(=O)=O)CC3)c2c1C. The maximum absolute atomic E-state index is 11.8. The van der Waals surface area contributed by atoms with Gasteiger partial charge in [0.25, 0.3) is 0 Å². The Kier molecular flexibility index (Phi) is 5.07. The van der Waals surface area contributed by atoms with Gasteiger partial charge in [-0.3, -0.25) is 4.98 Å². The molecule has 0 radical (unpaired) electrons. The molecule has 3 aromatic rings. The molecule has 1 fully saturated rings. The third-order valence-corrected chi connectivity index (χ3v) is 7.62. The summed E-state index contributed by atoms with van der Waals surface area (Å²) >= 11 is 1.67. The molecular weight excluding hydrogens is 394 g/mol. The zero-order valence-electron chi connectivity index (χ0n) is 16.1. The first-order valence-corrected chi connectivity index (χ1v) is 11.9. The largest absolute Gasteiger partial charge is 0.367 e. The van der Waals surface area contributed by atoms with E-state index in [9.17, 15) is 8.42 Å². The third-order valence-electron chi connectivity index (χ3n) is 5.21. The van der Waals surface area contributed by atoms with E-state index >= 15 is 0 Å². The number of aromatic nitrogens is 3. The zero-order chi connectivity index (χ0) is 19.9. The van der Waals surface area contributed by atoms with Crippen molar-refractivity contribution >= 4 is 37.4 Å². The standard InChI is InChI=1S/C19H23N5O2S2/c1-12-13(2)27-19-16(12)18(22-17(23-19)14-5-4-8-20-11-14)21-15-6-9-24(10-7-15)28(3,25)26/h4-5,8,11,15H,6-7,9-10H2,1-3H3,(H,21,22,23). The number of hydrogen-bond donors (Lipinski definition) is 1. The van der Waals surface area contributed by atoms with E-state index in [1.807, 2.05) is 12.1 Å². The minimum Gasteiger partial charge on any atom is -0.367 e. The molecule has 7 nitrogen and oxygen atoms in total. The molecule has 0 amide bonds. The van der Waals surface area contributed by atoms with Gasteiger partial charge in [0, 0.05) is 42.0 Å². The van der Waals surface area contributed by atoms with Gasteiger partial charge in [-0.15, -0.1) is 11.3 Å². The normalized spacial score (nSPS) is 16.5. The van der Waals surface area contributed by atoms with Gasteiger partial charge in [0.2, 0.25) is 10.0 Å². The Morgan fingerprint density at radius 2 is 1.96 bits per heavy atom. The lowest BCUT2D eigenvalue weighted by atomic mass is 10.1. The Hall–Kier alpha value is -2.10. The van der Waals surface area contributed by atoms with Crippen LogP contribution in [0.15, 0.2) is 24.5 Å². The van der Waals surface area contributed by atoms with Gasteiger partial charge in [0.05, 0.1) is 11.6 Å². The first-order valence-electron chi connectivity index (χ1n) is 9.22. The van der Waals surface area contributed by atoms with Gasteiger partial charge < -0.3 is 5.32 Å². The second kappa shape index (κ2) is 7.38. The van der Waals surface area contributed by atoms with Crippen LogP contribution in [-0.4, -0.2) is 53.1 Å². The average Bonchev–Trinajstić information content (AvgIpc) is 2.96. The van der Waals surface area contributed by atoms with Crippen LogP contribution in [-0.2, 0) is 10.0 Å². The van der Waals surface area contributed by atoms with Gasteiger partial charge in [0.15, 0.2) is 5.82 Å². The van der Waals surface area contributed by atoms with Crippen molar-refractivity contribution in [2.45, 2.75) is 32.7 Å². The molecule has 1 aliphatic rings. The Morgan fingerprint density at radius 3 is 2.61 bits per heavy atom. The Labute approximate surface area is 168 Å². The quantitative estimate of drug-likeness (QED) is 0.701. The molecule has 0 unspecified atom stereocenters. The van der Waals surface area contributed by atoms with E-state index in [2.05, 4.69) is 24.1 Å². The van der Waals surface area contributed by atoms with Crippen molar-refractivity contribution in [3.63, 3.8) is 0 Å². The second-order valence-corrected chi connectivity index (χ2v) is 10.4. The maximum Gasteiger partial charge on any atom is 0.211 e. The summed E-state index contributed by atoms with van der Waals surface area (Å²) in [7, 11) is -3.13. The molecule has 148 valence electrons. The number of nitrogens with zero attached hydrogens (tertiary/aromatic N) is 4. The number of hydrogen-bond acceptors (Lipinski definition) is 7. The van der Waals surface area contributed by atoms with Crippen LogP contribution < -0.4 is 5.32 Å². The number of fused-ring (bicyclic) bond motifs is 1. The molecule has 0 bridgehead atoms. The number of rotatable bonds is 4. The van der Waals surface area contributed by atoms with Gasteiger partial charge >= 0.3 is 0 Å². The molecular formula is C19H23N5O2S2. The number of anilines is 1. The molecule has 1 N–H and O–H groups in total. The summed E-state index contributed by atoms with van der Waals surface area (Å²) in [6.07, 6.45) is 6.28. The van der Waals surface area contributed by atoms with Crippen LogP contribution in [0.5, 0.6) is 0 Å². The second-order valence-electron chi connectivity index (χ2n) is 7.18. The summed E-state index contributed by atoms with van der Waals surface area (Å²) in [6.45, 7) is 5.25. The van der Waals surface area contributed by atoms with Gasteiger partial charge in [-0.05, 0) is 44.4 Å². The average molecular weight is 418 g/mol. The predicted molar refractivity (Wildman–Crippen MR) is 113 cm³/mol.